The number of hydrogen-bond donors (Lipinski definition) is 1. The van der Waals surface area contributed by atoms with Crippen molar-refractivity contribution in [3.05, 3.63) is 53.7 Å². The number of hydrogen-bond acceptors (Lipinski definition) is 7. The van der Waals surface area contributed by atoms with Crippen LogP contribution in [0.15, 0.2) is 41.1 Å². The van der Waals surface area contributed by atoms with Gasteiger partial charge in [-0.1, -0.05) is 11.2 Å². The molecule has 3 aliphatic rings. The van der Waals surface area contributed by atoms with Crippen molar-refractivity contribution in [1.82, 2.24) is 25.0 Å². The summed E-state index contributed by atoms with van der Waals surface area (Å²) in [6, 6.07) is 10.1. The number of ether oxygens (including phenoxy) is 1. The predicted molar refractivity (Wildman–Crippen MR) is 139 cm³/mol. The Hall–Kier alpha value is -3.88. The Morgan fingerprint density at radius 2 is 1.97 bits per heavy atom. The number of aryl methyl sites for hydroxylation is 2. The number of benzene rings is 1. The van der Waals surface area contributed by atoms with E-state index >= 15 is 0 Å². The number of aromatic nitrogens is 4. The molecule has 0 unspecified atom stereocenters. The molecule has 9 heteroatoms. The molecule has 37 heavy (non-hydrogen) atoms. The van der Waals surface area contributed by atoms with E-state index in [0.29, 0.717) is 12.5 Å². The first kappa shape index (κ1) is 22.3. The largest absolute Gasteiger partial charge is 0.488 e. The summed E-state index contributed by atoms with van der Waals surface area (Å²) in [5.74, 6) is 3.06. The summed E-state index contributed by atoms with van der Waals surface area (Å²) >= 11 is 0. The molecule has 1 atom stereocenters. The van der Waals surface area contributed by atoms with E-state index in [2.05, 4.69) is 43.1 Å². The van der Waals surface area contributed by atoms with Crippen molar-refractivity contribution in [2.24, 2.45) is 5.92 Å². The lowest BCUT2D eigenvalue weighted by Gasteiger charge is -2.38. The van der Waals surface area contributed by atoms with Gasteiger partial charge in [-0.05, 0) is 69.7 Å². The third-order valence-corrected chi connectivity index (χ3v) is 8.51. The lowest BCUT2D eigenvalue weighted by atomic mass is 9.87. The smallest absolute Gasteiger partial charge is 0.207 e. The molecule has 1 saturated carbocycles. The minimum atomic E-state index is -0.0853. The molecular formula is C28H30N6O3. The van der Waals surface area contributed by atoms with Crippen LogP contribution in [0.1, 0.15) is 48.9 Å². The third-order valence-electron chi connectivity index (χ3n) is 8.51. The molecule has 1 amide bonds. The molecular weight excluding hydrogens is 468 g/mol. The Morgan fingerprint density at radius 3 is 2.65 bits per heavy atom. The first-order valence-electron chi connectivity index (χ1n) is 13.1. The molecule has 190 valence electrons. The van der Waals surface area contributed by atoms with Crippen molar-refractivity contribution in [3.8, 4) is 16.9 Å². The Bertz CT molecular complexity index is 1460. The summed E-state index contributed by atoms with van der Waals surface area (Å²) < 4.78 is 14.3. The van der Waals surface area contributed by atoms with Crippen molar-refractivity contribution in [2.45, 2.75) is 51.1 Å². The van der Waals surface area contributed by atoms with Gasteiger partial charge in [0.1, 0.15) is 23.9 Å². The number of imidazole rings is 1. The number of anilines is 1. The first-order valence-corrected chi connectivity index (χ1v) is 13.1. The molecule has 4 aromatic rings. The topological polar surface area (TPSA) is 98.3 Å². The first-order chi connectivity index (χ1) is 18.1. The number of piperidine rings is 1. The summed E-state index contributed by atoms with van der Waals surface area (Å²) in [4.78, 5) is 23.4. The second-order valence-electron chi connectivity index (χ2n) is 10.6. The number of pyridine rings is 1. The predicted octanol–water partition coefficient (Wildman–Crippen LogP) is 4.18. The lowest BCUT2D eigenvalue weighted by Crippen LogP contribution is -2.45. The molecule has 2 aliphatic heterocycles. The fourth-order valence-corrected chi connectivity index (χ4v) is 6.46. The third kappa shape index (κ3) is 3.43. The van der Waals surface area contributed by atoms with Crippen molar-refractivity contribution >= 4 is 23.4 Å². The molecule has 2 fully saturated rings. The highest BCUT2D eigenvalue weighted by molar-refractivity contribution is 5.94. The normalized spacial score (nSPS) is 20.6. The number of nitrogens with one attached hydrogen (secondary N) is 1. The van der Waals surface area contributed by atoms with Crippen LogP contribution in [0.25, 0.3) is 22.2 Å². The maximum atomic E-state index is 11.2. The standard InChI is InChI=1S/C28H30N6O3/c1-17-24(18(2)37-32-17)20-6-7-22-25-26(20)36-15-23(21-5-3-4-12-29-21)34(25)27(31-22)33-13-8-19(9-14-33)28(10-11-28)30-16-35/h3-7,12,16,19,23H,8-11,13-15H2,1-2H3,(H,30,35)/t23-/m1/s1. The van der Waals surface area contributed by atoms with E-state index < -0.39 is 0 Å². The highest BCUT2D eigenvalue weighted by Crippen LogP contribution is 2.48. The monoisotopic (exact) mass is 498 g/mol. The molecule has 1 N–H and O–H groups in total. The fraction of sp³-hybridized carbons (Fsp3) is 0.429. The highest BCUT2D eigenvalue weighted by Gasteiger charge is 2.50. The lowest BCUT2D eigenvalue weighted by molar-refractivity contribution is -0.110. The second kappa shape index (κ2) is 8.33. The van der Waals surface area contributed by atoms with Gasteiger partial charge >= 0.3 is 0 Å². The molecule has 1 aromatic carbocycles. The number of carbonyl (C=O) groups is 1. The molecule has 7 rings (SSSR count). The summed E-state index contributed by atoms with van der Waals surface area (Å²) in [6.45, 7) is 6.16. The van der Waals surface area contributed by atoms with Gasteiger partial charge in [-0.2, -0.15) is 0 Å². The van der Waals surface area contributed by atoms with Crippen molar-refractivity contribution < 1.29 is 14.1 Å². The van der Waals surface area contributed by atoms with Crippen molar-refractivity contribution in [1.29, 1.82) is 0 Å². The highest BCUT2D eigenvalue weighted by atomic mass is 16.5. The summed E-state index contributed by atoms with van der Waals surface area (Å²) in [7, 11) is 0. The molecule has 1 saturated heterocycles. The SMILES string of the molecule is Cc1noc(C)c1-c1ccc2nc(N3CCC(C4(NC=O)CC4)CC3)n3c2c1OC[C@@H]3c1ccccn1. The Morgan fingerprint density at radius 1 is 1.14 bits per heavy atom. The van der Waals surface area contributed by atoms with Gasteiger partial charge in [0.05, 0.1) is 22.5 Å². The molecule has 3 aromatic heterocycles. The van der Waals surface area contributed by atoms with Gasteiger partial charge in [0, 0.05) is 30.4 Å². The van der Waals surface area contributed by atoms with Crippen LogP contribution in [-0.2, 0) is 4.79 Å². The van der Waals surface area contributed by atoms with Gasteiger partial charge in [-0.15, -0.1) is 0 Å². The Kier molecular flexibility index (Phi) is 5.02. The van der Waals surface area contributed by atoms with Gasteiger partial charge in [-0.25, -0.2) is 4.98 Å². The summed E-state index contributed by atoms with van der Waals surface area (Å²) in [5, 5.41) is 7.29. The fourth-order valence-electron chi connectivity index (χ4n) is 6.46. The van der Waals surface area contributed by atoms with E-state index in [9.17, 15) is 4.79 Å². The average molecular weight is 499 g/mol. The minimum Gasteiger partial charge on any atom is -0.488 e. The van der Waals surface area contributed by atoms with Crippen LogP contribution >= 0.6 is 0 Å². The zero-order chi connectivity index (χ0) is 25.1. The molecule has 0 radical (unpaired) electrons. The number of nitrogens with zero attached hydrogens (tertiary/aromatic N) is 5. The average Bonchev–Trinajstić information content (AvgIpc) is 3.50. The maximum absolute atomic E-state index is 11.2. The number of carbonyl (C=O) groups excluding carboxylic acids is 1. The van der Waals surface area contributed by atoms with E-state index in [1.807, 2.05) is 32.2 Å². The zero-order valence-electron chi connectivity index (χ0n) is 21.1. The van der Waals surface area contributed by atoms with Crippen molar-refractivity contribution in [3.63, 3.8) is 0 Å². The molecule has 9 nitrogen and oxygen atoms in total. The van der Waals surface area contributed by atoms with Gasteiger partial charge < -0.3 is 19.5 Å². The van der Waals surface area contributed by atoms with Gasteiger partial charge in [0.2, 0.25) is 12.4 Å². The number of amides is 1. The van der Waals surface area contributed by atoms with Crippen LogP contribution in [0.5, 0.6) is 5.75 Å². The van der Waals surface area contributed by atoms with Crippen LogP contribution in [0.3, 0.4) is 0 Å². The summed E-state index contributed by atoms with van der Waals surface area (Å²) in [5.41, 5.74) is 5.65. The molecule has 0 spiro atoms. The van der Waals surface area contributed by atoms with Crippen molar-refractivity contribution in [2.75, 3.05) is 24.6 Å². The Balaban J connectivity index is 1.33. The van der Waals surface area contributed by atoms with Gasteiger partial charge in [-0.3, -0.25) is 14.3 Å². The quantitative estimate of drug-likeness (QED) is 0.398. The van der Waals surface area contributed by atoms with Crippen LogP contribution in [0.2, 0.25) is 0 Å². The maximum Gasteiger partial charge on any atom is 0.207 e. The van der Waals surface area contributed by atoms with Gasteiger partial charge in [0.15, 0.2) is 5.75 Å². The number of rotatable bonds is 6. The van der Waals surface area contributed by atoms with E-state index in [4.69, 9.17) is 14.2 Å². The van der Waals surface area contributed by atoms with E-state index in [1.165, 1.54) is 0 Å². The second-order valence-corrected chi connectivity index (χ2v) is 10.6. The molecule has 0 bridgehead atoms. The van der Waals surface area contributed by atoms with Crippen LogP contribution in [-0.4, -0.2) is 51.3 Å². The van der Waals surface area contributed by atoms with E-state index in [1.54, 1.807) is 0 Å². The van der Waals surface area contributed by atoms with E-state index in [0.717, 1.165) is 96.2 Å². The summed E-state index contributed by atoms with van der Waals surface area (Å²) in [6.07, 6.45) is 6.95. The Labute approximate surface area is 214 Å². The van der Waals surface area contributed by atoms with Gasteiger partial charge in [0.25, 0.3) is 0 Å². The van der Waals surface area contributed by atoms with Crippen LogP contribution < -0.4 is 15.0 Å². The molecule has 5 heterocycles. The zero-order valence-corrected chi connectivity index (χ0v) is 21.1. The molecule has 1 aliphatic carbocycles. The van der Waals surface area contributed by atoms with E-state index in [-0.39, 0.29) is 11.6 Å². The minimum absolute atomic E-state index is 0.0141. The van der Waals surface area contributed by atoms with Crippen LogP contribution in [0.4, 0.5) is 5.95 Å². The van der Waals surface area contributed by atoms with Crippen LogP contribution in [0, 0.1) is 19.8 Å².